The zero-order chi connectivity index (χ0) is 15.5. The summed E-state index contributed by atoms with van der Waals surface area (Å²) in [5.41, 5.74) is 0.409. The third-order valence-corrected chi connectivity index (χ3v) is 2.98. The Kier molecular flexibility index (Phi) is 4.40. The van der Waals surface area contributed by atoms with Crippen molar-refractivity contribution in [2.24, 2.45) is 0 Å². The van der Waals surface area contributed by atoms with Crippen LogP contribution in [0.25, 0.3) is 0 Å². The summed E-state index contributed by atoms with van der Waals surface area (Å²) < 4.78 is 44.4. The van der Waals surface area contributed by atoms with Gasteiger partial charge in [0, 0.05) is 12.2 Å². The highest BCUT2D eigenvalue weighted by Gasteiger charge is 2.35. The van der Waals surface area contributed by atoms with Gasteiger partial charge in [0.25, 0.3) is 0 Å². The first-order chi connectivity index (χ1) is 9.94. The molecule has 2 aromatic rings. The van der Waals surface area contributed by atoms with E-state index in [2.05, 4.69) is 10.4 Å². The Labute approximate surface area is 120 Å². The van der Waals surface area contributed by atoms with Crippen molar-refractivity contribution >= 4 is 5.69 Å². The number of alkyl halides is 3. The number of nitrogens with one attached hydrogen (secondary N) is 1. The van der Waals surface area contributed by atoms with Crippen LogP contribution >= 0.6 is 0 Å². The van der Waals surface area contributed by atoms with Gasteiger partial charge in [0.15, 0.2) is 0 Å². The second-order valence-electron chi connectivity index (χ2n) is 4.42. The molecule has 0 saturated carbocycles. The lowest BCUT2D eigenvalue weighted by molar-refractivity contribution is -0.144. The lowest BCUT2D eigenvalue weighted by atomic mass is 10.3. The van der Waals surface area contributed by atoms with Crippen LogP contribution in [0.3, 0.4) is 0 Å². The van der Waals surface area contributed by atoms with Gasteiger partial charge in [0.05, 0.1) is 19.3 Å². The number of methoxy groups -OCH3 is 1. The van der Waals surface area contributed by atoms with Crippen LogP contribution in [-0.4, -0.2) is 16.9 Å². The van der Waals surface area contributed by atoms with Crippen molar-refractivity contribution in [1.82, 2.24) is 9.78 Å². The molecular weight excluding hydrogens is 283 g/mol. The van der Waals surface area contributed by atoms with E-state index in [1.807, 2.05) is 0 Å². The van der Waals surface area contributed by atoms with Crippen LogP contribution in [0.4, 0.5) is 18.9 Å². The minimum Gasteiger partial charge on any atom is -0.497 e. The molecule has 1 heterocycles. The van der Waals surface area contributed by atoms with Crippen molar-refractivity contribution in [1.29, 1.82) is 0 Å². The normalized spacial score (nSPS) is 11.5. The molecule has 0 fully saturated rings. The molecule has 114 valence electrons. The number of rotatable bonds is 5. The molecule has 0 unspecified atom stereocenters. The van der Waals surface area contributed by atoms with Gasteiger partial charge in [-0.1, -0.05) is 0 Å². The van der Waals surface area contributed by atoms with Crippen LogP contribution in [-0.2, 0) is 19.3 Å². The van der Waals surface area contributed by atoms with Crippen LogP contribution in [0.2, 0.25) is 0 Å². The summed E-state index contributed by atoms with van der Waals surface area (Å²) in [6, 6.07) is 8.20. The number of ether oxygens (including phenoxy) is 1. The van der Waals surface area contributed by atoms with Gasteiger partial charge in [-0.3, -0.25) is 4.68 Å². The molecule has 1 aromatic carbocycles. The number of benzene rings is 1. The third kappa shape index (κ3) is 3.68. The van der Waals surface area contributed by atoms with E-state index in [0.29, 0.717) is 5.69 Å². The molecule has 0 aliphatic heterocycles. The lowest BCUT2D eigenvalue weighted by Crippen LogP contribution is -2.13. The molecule has 0 radical (unpaired) electrons. The Balaban J connectivity index is 2.07. The van der Waals surface area contributed by atoms with Crippen molar-refractivity contribution < 1.29 is 17.9 Å². The number of nitrogens with zero attached hydrogens (tertiary/aromatic N) is 2. The molecule has 7 heteroatoms. The summed E-state index contributed by atoms with van der Waals surface area (Å²) in [4.78, 5) is 0. The topological polar surface area (TPSA) is 39.1 Å². The average molecular weight is 299 g/mol. The monoisotopic (exact) mass is 299 g/mol. The number of aromatic nitrogens is 2. The van der Waals surface area contributed by atoms with Crippen molar-refractivity contribution in [3.8, 4) is 5.75 Å². The summed E-state index contributed by atoms with van der Waals surface area (Å²) in [7, 11) is 1.57. The lowest BCUT2D eigenvalue weighted by Gasteiger charge is -2.07. The van der Waals surface area contributed by atoms with E-state index in [9.17, 15) is 13.2 Å². The molecule has 0 aliphatic carbocycles. The van der Waals surface area contributed by atoms with Crippen LogP contribution in [0, 0.1) is 0 Å². The smallest absolute Gasteiger partial charge is 0.433 e. The first kappa shape index (κ1) is 15.2. The Morgan fingerprint density at radius 3 is 2.38 bits per heavy atom. The standard InChI is InChI=1S/C14H16F3N3O/c1-3-20-13(14(15,16)17)8-11(19-20)9-18-10-4-6-12(21-2)7-5-10/h4-8,18H,3,9H2,1-2H3. The van der Waals surface area contributed by atoms with Crippen LogP contribution in [0.1, 0.15) is 18.3 Å². The zero-order valence-electron chi connectivity index (χ0n) is 11.7. The van der Waals surface area contributed by atoms with E-state index in [1.54, 1.807) is 38.3 Å². The molecule has 0 bridgehead atoms. The molecule has 0 atom stereocenters. The molecule has 1 N–H and O–H groups in total. The quantitative estimate of drug-likeness (QED) is 0.918. The summed E-state index contributed by atoms with van der Waals surface area (Å²) in [5.74, 6) is 0.718. The number of hydrogen-bond acceptors (Lipinski definition) is 3. The summed E-state index contributed by atoms with van der Waals surface area (Å²) in [6.07, 6.45) is -4.39. The van der Waals surface area contributed by atoms with E-state index in [1.165, 1.54) is 0 Å². The Hall–Kier alpha value is -2.18. The first-order valence-corrected chi connectivity index (χ1v) is 6.46. The molecule has 0 spiro atoms. The highest BCUT2D eigenvalue weighted by atomic mass is 19.4. The largest absolute Gasteiger partial charge is 0.497 e. The van der Waals surface area contributed by atoms with Gasteiger partial charge < -0.3 is 10.1 Å². The van der Waals surface area contributed by atoms with Crippen molar-refractivity contribution in [3.63, 3.8) is 0 Å². The molecule has 4 nitrogen and oxygen atoms in total. The SMILES string of the molecule is CCn1nc(CNc2ccc(OC)cc2)cc1C(F)(F)F. The minimum absolute atomic E-state index is 0.178. The summed E-state index contributed by atoms with van der Waals surface area (Å²) >= 11 is 0. The molecule has 1 aromatic heterocycles. The van der Waals surface area contributed by atoms with Gasteiger partial charge in [-0.15, -0.1) is 0 Å². The van der Waals surface area contributed by atoms with Crippen LogP contribution in [0.5, 0.6) is 5.75 Å². The van der Waals surface area contributed by atoms with Gasteiger partial charge in [-0.2, -0.15) is 18.3 Å². The highest BCUT2D eigenvalue weighted by Crippen LogP contribution is 2.30. The van der Waals surface area contributed by atoms with Gasteiger partial charge >= 0.3 is 6.18 Å². The number of halogens is 3. The molecule has 0 amide bonds. The van der Waals surface area contributed by atoms with Gasteiger partial charge in [0.1, 0.15) is 11.4 Å². The Morgan fingerprint density at radius 2 is 1.90 bits per heavy atom. The van der Waals surface area contributed by atoms with Crippen molar-refractivity contribution in [2.75, 3.05) is 12.4 Å². The summed E-state index contributed by atoms with van der Waals surface area (Å²) in [5, 5.41) is 6.98. The third-order valence-electron chi connectivity index (χ3n) is 2.98. The van der Waals surface area contributed by atoms with Crippen molar-refractivity contribution in [2.45, 2.75) is 26.2 Å². The summed E-state index contributed by atoms with van der Waals surface area (Å²) in [6.45, 7) is 2.03. The van der Waals surface area contributed by atoms with Gasteiger partial charge in [-0.05, 0) is 37.3 Å². The van der Waals surface area contributed by atoms with E-state index in [0.717, 1.165) is 22.2 Å². The number of hydrogen-bond donors (Lipinski definition) is 1. The van der Waals surface area contributed by atoms with Gasteiger partial charge in [0.2, 0.25) is 0 Å². The maximum atomic E-state index is 12.8. The molecule has 0 aliphatic rings. The number of anilines is 1. The molecule has 2 rings (SSSR count). The van der Waals surface area contributed by atoms with Gasteiger partial charge in [-0.25, -0.2) is 0 Å². The average Bonchev–Trinajstić information content (AvgIpc) is 2.89. The second kappa shape index (κ2) is 6.07. The first-order valence-electron chi connectivity index (χ1n) is 6.46. The fourth-order valence-electron chi connectivity index (χ4n) is 1.93. The predicted molar refractivity (Wildman–Crippen MR) is 73.2 cm³/mol. The highest BCUT2D eigenvalue weighted by molar-refractivity contribution is 5.46. The Morgan fingerprint density at radius 1 is 1.24 bits per heavy atom. The predicted octanol–water partition coefficient (Wildman–Crippen LogP) is 3.54. The van der Waals surface area contributed by atoms with E-state index in [4.69, 9.17) is 4.74 Å². The van der Waals surface area contributed by atoms with E-state index in [-0.39, 0.29) is 13.1 Å². The van der Waals surface area contributed by atoms with E-state index < -0.39 is 11.9 Å². The minimum atomic E-state index is -4.39. The fourth-order valence-corrected chi connectivity index (χ4v) is 1.93. The zero-order valence-corrected chi connectivity index (χ0v) is 11.7. The Bertz CT molecular complexity index is 591. The molecule has 0 saturated heterocycles. The number of aryl methyl sites for hydroxylation is 1. The molecular formula is C14H16F3N3O. The maximum absolute atomic E-state index is 12.8. The maximum Gasteiger partial charge on any atom is 0.433 e. The second-order valence-corrected chi connectivity index (χ2v) is 4.42. The fraction of sp³-hybridized carbons (Fsp3) is 0.357. The van der Waals surface area contributed by atoms with E-state index >= 15 is 0 Å². The van der Waals surface area contributed by atoms with Crippen LogP contribution < -0.4 is 10.1 Å². The van der Waals surface area contributed by atoms with Crippen molar-refractivity contribution in [3.05, 3.63) is 41.7 Å². The molecule has 21 heavy (non-hydrogen) atoms. The van der Waals surface area contributed by atoms with Crippen LogP contribution in [0.15, 0.2) is 30.3 Å².